The molecule has 0 aromatic carbocycles. The fourth-order valence-electron chi connectivity index (χ4n) is 0. The zero-order chi connectivity index (χ0) is 7.15. The molecule has 0 aliphatic heterocycles. The molecule has 4 N–H and O–H groups in total. The molecule has 0 aliphatic rings. The maximum atomic E-state index is 8.89. The Hall–Kier alpha value is -0.178. The molecule has 0 bridgehead atoms. The number of carbonyl (C=O) groups excluding carboxylic acids is 2. The fourth-order valence-corrected chi connectivity index (χ4v) is 0. The third-order valence-corrected chi connectivity index (χ3v) is 0. The minimum absolute atomic E-state index is 0. The van der Waals surface area contributed by atoms with Gasteiger partial charge in [0.15, 0.2) is 0 Å². The van der Waals surface area contributed by atoms with Crippen LogP contribution in [0.15, 0.2) is 0 Å². The molecule has 6 heteroatoms. The Morgan fingerprint density at radius 2 is 1.00 bits per heavy atom. The van der Waals surface area contributed by atoms with Crippen LogP contribution >= 0.6 is 0 Å². The van der Waals surface area contributed by atoms with Crippen LogP contribution in [0.4, 0.5) is 0 Å². The third-order valence-electron chi connectivity index (χ3n) is 0. The van der Waals surface area contributed by atoms with Crippen molar-refractivity contribution in [2.24, 2.45) is 0 Å². The summed E-state index contributed by atoms with van der Waals surface area (Å²) in [6, 6.07) is 0. The van der Waals surface area contributed by atoms with Crippen LogP contribution in [0.25, 0.3) is 0 Å². The number of carbonyl (C=O) groups is 2. The molecular weight excluding hydrogens is 238 g/mol. The van der Waals surface area contributed by atoms with E-state index in [1.54, 1.807) is 0 Å². The summed E-state index contributed by atoms with van der Waals surface area (Å²) in [6.07, 6.45) is 0. The second-order valence-corrected chi connectivity index (χ2v) is 0.983. The number of hydrogen-bond acceptors (Lipinski definition) is 4. The van der Waals surface area contributed by atoms with E-state index in [0.29, 0.717) is 0 Å². The molecule has 5 nitrogen and oxygen atoms in total. The molecule has 0 saturated heterocycles. The van der Waals surface area contributed by atoms with Gasteiger partial charge in [-0.2, -0.15) is 0 Å². The van der Waals surface area contributed by atoms with Gasteiger partial charge in [0.2, 0.25) is 0 Å². The summed E-state index contributed by atoms with van der Waals surface area (Å²) < 4.78 is 0. The van der Waals surface area contributed by atoms with E-state index >= 15 is 0 Å². The monoisotopic (exact) mass is 250 g/mol. The predicted molar refractivity (Wildman–Crippen MR) is 27.3 cm³/mol. The first kappa shape index (κ1) is 22.6. The van der Waals surface area contributed by atoms with E-state index in [-0.39, 0.29) is 33.4 Å². The van der Waals surface area contributed by atoms with Gasteiger partial charge in [0, 0.05) is 39.2 Å². The smallest absolute Gasteiger partial charge is 0.0383 e. The Balaban J connectivity index is -0.0000000300. The molecule has 0 unspecified atom stereocenters. The number of quaternary nitrogens is 1. The van der Waals surface area contributed by atoms with Crippen molar-refractivity contribution in [1.82, 2.24) is 6.15 Å². The molecule has 0 heterocycles. The first-order valence-corrected chi connectivity index (χ1v) is 1.82. The molecule has 0 amide bonds. The average molecular weight is 249 g/mol. The van der Waals surface area contributed by atoms with Crippen LogP contribution in [0.3, 0.4) is 0 Å². The van der Waals surface area contributed by atoms with Crippen molar-refractivity contribution in [1.29, 1.82) is 0 Å². The molecule has 0 aromatic heterocycles. The van der Waals surface area contributed by atoms with Gasteiger partial charge in [-0.3, -0.25) is 0 Å². The molecular formula is C4H10CdNO4-. The van der Waals surface area contributed by atoms with Crippen LogP contribution in [0.1, 0.15) is 13.8 Å². The Morgan fingerprint density at radius 1 is 1.00 bits per heavy atom. The van der Waals surface area contributed by atoms with E-state index in [1.165, 1.54) is 0 Å². The van der Waals surface area contributed by atoms with Crippen LogP contribution < -0.4 is 16.4 Å². The Labute approximate surface area is 79.2 Å². The summed E-state index contributed by atoms with van der Waals surface area (Å²) in [5.41, 5.74) is 0. The zero-order valence-electron chi connectivity index (χ0n) is 6.34. The number of rotatable bonds is 0. The van der Waals surface area contributed by atoms with E-state index in [9.17, 15) is 0 Å². The molecule has 0 aromatic rings. The normalized spacial score (nSPS) is 5.00. The second kappa shape index (κ2) is 15.9. The van der Waals surface area contributed by atoms with Crippen molar-refractivity contribution in [2.45, 2.75) is 13.8 Å². The SMILES string of the molecule is CC(=O)[O-].CC(=O)[O-].[Cd].[NH4+]. The zero-order valence-corrected chi connectivity index (χ0v) is 10.4. The quantitative estimate of drug-likeness (QED) is 0.494. The van der Waals surface area contributed by atoms with Crippen LogP contribution in [0.2, 0.25) is 0 Å². The third kappa shape index (κ3) is 11500. The standard InChI is InChI=1S/2C2H4O2.Cd.H3N/c2*1-2(3)4;;/h2*1H3,(H,3,4);;1H3/p-1. The van der Waals surface area contributed by atoms with Gasteiger partial charge in [-0.15, -0.1) is 0 Å². The minimum atomic E-state index is -1.08. The number of aliphatic carboxylic acids is 2. The number of carboxylic acid groups (broad SMARTS) is 2. The molecule has 0 atom stereocenters. The van der Waals surface area contributed by atoms with Crippen LogP contribution in [0.5, 0.6) is 0 Å². The molecule has 0 saturated carbocycles. The van der Waals surface area contributed by atoms with E-state index in [0.717, 1.165) is 13.8 Å². The van der Waals surface area contributed by atoms with Crippen LogP contribution in [0, 0.1) is 0 Å². The van der Waals surface area contributed by atoms with Crippen molar-refractivity contribution < 1.29 is 47.1 Å². The van der Waals surface area contributed by atoms with Gasteiger partial charge in [0.25, 0.3) is 0 Å². The molecule has 0 aliphatic carbocycles. The molecule has 0 fully saturated rings. The van der Waals surface area contributed by atoms with Gasteiger partial charge in [0.1, 0.15) is 0 Å². The predicted octanol–water partition coefficient (Wildman–Crippen LogP) is -2.11. The average Bonchev–Trinajstić information content (AvgIpc) is 1.25. The first-order valence-electron chi connectivity index (χ1n) is 1.82. The van der Waals surface area contributed by atoms with E-state index < -0.39 is 11.9 Å². The minimum Gasteiger partial charge on any atom is -0.550 e. The van der Waals surface area contributed by atoms with Crippen molar-refractivity contribution in [3.05, 3.63) is 0 Å². The molecule has 0 spiro atoms. The Morgan fingerprint density at radius 3 is 1.00 bits per heavy atom. The van der Waals surface area contributed by atoms with Gasteiger partial charge >= 0.3 is 0 Å². The maximum Gasteiger partial charge on any atom is 0.0383 e. The van der Waals surface area contributed by atoms with E-state index in [4.69, 9.17) is 19.8 Å². The van der Waals surface area contributed by atoms with Gasteiger partial charge in [0.05, 0.1) is 0 Å². The van der Waals surface area contributed by atoms with E-state index in [2.05, 4.69) is 0 Å². The van der Waals surface area contributed by atoms with Crippen molar-refractivity contribution in [2.75, 3.05) is 0 Å². The van der Waals surface area contributed by atoms with Gasteiger partial charge < -0.3 is 26.0 Å². The molecule has 0 radical (unpaired) electrons. The van der Waals surface area contributed by atoms with Gasteiger partial charge in [-0.05, 0) is 13.8 Å². The fraction of sp³-hybridized carbons (Fsp3) is 0.500. The maximum absolute atomic E-state index is 8.89. The largest absolute Gasteiger partial charge is 0.550 e. The topological polar surface area (TPSA) is 117 Å². The number of hydrogen-bond donors (Lipinski definition) is 1. The summed E-state index contributed by atoms with van der Waals surface area (Å²) in [6.45, 7) is 1.94. The van der Waals surface area contributed by atoms with Crippen molar-refractivity contribution >= 4 is 11.9 Å². The molecule has 0 rings (SSSR count). The Kier molecular flexibility index (Phi) is 35.9. The first-order chi connectivity index (χ1) is 3.46. The van der Waals surface area contributed by atoms with Crippen molar-refractivity contribution in [3.8, 4) is 0 Å². The molecule has 58 valence electrons. The second-order valence-electron chi connectivity index (χ2n) is 0.983. The summed E-state index contributed by atoms with van der Waals surface area (Å²) in [4.78, 5) is 17.8. The van der Waals surface area contributed by atoms with Crippen LogP contribution in [-0.2, 0) is 36.9 Å². The van der Waals surface area contributed by atoms with Crippen LogP contribution in [-0.4, -0.2) is 11.9 Å². The van der Waals surface area contributed by atoms with Gasteiger partial charge in [-0.1, -0.05) is 0 Å². The summed E-state index contributed by atoms with van der Waals surface area (Å²) in [5, 5.41) is 17.8. The molecule has 10 heavy (non-hydrogen) atoms. The van der Waals surface area contributed by atoms with E-state index in [1.807, 2.05) is 0 Å². The number of carboxylic acids is 2. The van der Waals surface area contributed by atoms with Gasteiger partial charge in [-0.25, -0.2) is 0 Å². The summed E-state index contributed by atoms with van der Waals surface area (Å²) in [5.74, 6) is -2.17. The Bertz CT molecular complexity index is 75.3. The summed E-state index contributed by atoms with van der Waals surface area (Å²) >= 11 is 0. The summed E-state index contributed by atoms with van der Waals surface area (Å²) in [7, 11) is 0. The van der Waals surface area contributed by atoms with Crippen molar-refractivity contribution in [3.63, 3.8) is 0 Å².